The molecule has 0 bridgehead atoms. The molecule has 0 saturated carbocycles. The average Bonchev–Trinajstić information content (AvgIpc) is 3.33. The summed E-state index contributed by atoms with van der Waals surface area (Å²) in [6.45, 7) is 7.41. The standard InChI is InChI=1S/C28H31F3N8O2/c1-17(2)41-23-15-32-16-34-26(23)20-4-5-21-22(12-20)36-27(35-21)37-24-13-19(6-7-33-24)18(3)38-8-10-39(11-9-38)25(40)14-28(29,30)31/h4-7,12-13,15-18H,8-11,14H2,1-3H3,(H2,33,35,36,37)/t18-/m1/s1. The van der Waals surface area contributed by atoms with Crippen LogP contribution in [0.5, 0.6) is 5.75 Å². The summed E-state index contributed by atoms with van der Waals surface area (Å²) in [5, 5.41) is 3.23. The first kappa shape index (κ1) is 28.3. The average molecular weight is 569 g/mol. The van der Waals surface area contributed by atoms with Crippen molar-refractivity contribution in [1.29, 1.82) is 0 Å². The van der Waals surface area contributed by atoms with Crippen LogP contribution in [0.25, 0.3) is 22.3 Å². The number of nitrogens with one attached hydrogen (secondary N) is 2. The molecule has 1 saturated heterocycles. The number of fused-ring (bicyclic) bond motifs is 1. The zero-order valence-electron chi connectivity index (χ0n) is 22.9. The predicted molar refractivity (Wildman–Crippen MR) is 148 cm³/mol. The van der Waals surface area contributed by atoms with E-state index in [1.807, 2.05) is 51.1 Å². The van der Waals surface area contributed by atoms with Crippen LogP contribution >= 0.6 is 0 Å². The maximum atomic E-state index is 12.6. The minimum absolute atomic E-state index is 0.0190. The molecule has 10 nitrogen and oxygen atoms in total. The summed E-state index contributed by atoms with van der Waals surface area (Å²) in [6, 6.07) is 9.58. The van der Waals surface area contributed by atoms with Crippen molar-refractivity contribution in [3.05, 3.63) is 54.6 Å². The van der Waals surface area contributed by atoms with Gasteiger partial charge in [0.1, 0.15) is 24.3 Å². The lowest BCUT2D eigenvalue weighted by atomic mass is 10.1. The van der Waals surface area contributed by atoms with Crippen molar-refractivity contribution in [3.63, 3.8) is 0 Å². The fourth-order valence-corrected chi connectivity index (χ4v) is 4.84. The van der Waals surface area contributed by atoms with Gasteiger partial charge in [-0.2, -0.15) is 13.2 Å². The van der Waals surface area contributed by atoms with Crippen LogP contribution in [0.2, 0.25) is 0 Å². The minimum atomic E-state index is -4.49. The summed E-state index contributed by atoms with van der Waals surface area (Å²) < 4.78 is 43.7. The first-order chi connectivity index (χ1) is 19.6. The molecule has 1 amide bonds. The Morgan fingerprint density at radius 3 is 2.61 bits per heavy atom. The van der Waals surface area contributed by atoms with E-state index >= 15 is 0 Å². The van der Waals surface area contributed by atoms with Crippen molar-refractivity contribution < 1.29 is 22.7 Å². The van der Waals surface area contributed by atoms with Crippen LogP contribution in [0.1, 0.15) is 38.8 Å². The molecule has 5 rings (SSSR count). The van der Waals surface area contributed by atoms with E-state index in [0.717, 1.165) is 22.2 Å². The molecule has 3 aromatic heterocycles. The first-order valence-electron chi connectivity index (χ1n) is 13.3. The second-order valence-corrected chi connectivity index (χ2v) is 10.2. The number of aromatic amines is 1. The highest BCUT2D eigenvalue weighted by atomic mass is 19.4. The number of halogens is 3. The fourth-order valence-electron chi connectivity index (χ4n) is 4.84. The van der Waals surface area contributed by atoms with Gasteiger partial charge in [-0.1, -0.05) is 6.07 Å². The maximum absolute atomic E-state index is 12.6. The normalized spacial score (nSPS) is 15.3. The SMILES string of the molecule is CC(C)Oc1cncnc1-c1ccc2nc(Nc3cc([C@@H](C)N4CCN(C(=O)CC(F)(F)F)CC4)ccn3)[nH]c2c1. The van der Waals surface area contributed by atoms with Crippen LogP contribution in [-0.2, 0) is 4.79 Å². The number of ether oxygens (including phenoxy) is 1. The largest absolute Gasteiger partial charge is 0.487 e. The van der Waals surface area contributed by atoms with E-state index < -0.39 is 18.5 Å². The fraction of sp³-hybridized carbons (Fsp3) is 0.393. The number of carbonyl (C=O) groups is 1. The van der Waals surface area contributed by atoms with Crippen molar-refractivity contribution in [2.45, 2.75) is 45.5 Å². The quantitative estimate of drug-likeness (QED) is 0.302. The lowest BCUT2D eigenvalue weighted by Gasteiger charge is -2.38. The number of carbonyl (C=O) groups excluding carboxylic acids is 1. The molecule has 1 aliphatic rings. The van der Waals surface area contributed by atoms with E-state index in [4.69, 9.17) is 4.74 Å². The second-order valence-electron chi connectivity index (χ2n) is 10.2. The van der Waals surface area contributed by atoms with Gasteiger partial charge in [-0.15, -0.1) is 0 Å². The molecule has 216 valence electrons. The Kier molecular flexibility index (Phi) is 8.06. The molecule has 13 heteroatoms. The molecule has 0 spiro atoms. The van der Waals surface area contributed by atoms with Crippen LogP contribution in [0.3, 0.4) is 0 Å². The van der Waals surface area contributed by atoms with Gasteiger partial charge >= 0.3 is 6.18 Å². The molecule has 1 aromatic carbocycles. The van der Waals surface area contributed by atoms with Gasteiger partial charge in [0, 0.05) is 44.0 Å². The van der Waals surface area contributed by atoms with Crippen molar-refractivity contribution in [2.24, 2.45) is 0 Å². The molecule has 1 aliphatic heterocycles. The van der Waals surface area contributed by atoms with E-state index in [1.54, 1.807) is 12.4 Å². The van der Waals surface area contributed by atoms with Gasteiger partial charge in [0.15, 0.2) is 5.75 Å². The van der Waals surface area contributed by atoms with Gasteiger partial charge in [-0.3, -0.25) is 9.69 Å². The summed E-state index contributed by atoms with van der Waals surface area (Å²) in [7, 11) is 0. The Morgan fingerprint density at radius 1 is 1.10 bits per heavy atom. The Balaban J connectivity index is 1.26. The summed E-state index contributed by atoms with van der Waals surface area (Å²) in [4.78, 5) is 36.2. The van der Waals surface area contributed by atoms with Crippen molar-refractivity contribution in [2.75, 3.05) is 31.5 Å². The maximum Gasteiger partial charge on any atom is 0.397 e. The van der Waals surface area contributed by atoms with Crippen molar-refractivity contribution >= 4 is 28.7 Å². The van der Waals surface area contributed by atoms with Crippen LogP contribution in [0, 0.1) is 0 Å². The van der Waals surface area contributed by atoms with Gasteiger partial charge in [0.25, 0.3) is 0 Å². The number of pyridine rings is 1. The zero-order chi connectivity index (χ0) is 29.1. The first-order valence-corrected chi connectivity index (χ1v) is 13.3. The number of alkyl halides is 3. The van der Waals surface area contributed by atoms with Gasteiger partial charge < -0.3 is 19.9 Å². The number of hydrogen-bond acceptors (Lipinski definition) is 8. The minimum Gasteiger partial charge on any atom is -0.487 e. The molecule has 1 fully saturated rings. The molecule has 1 atom stereocenters. The van der Waals surface area contributed by atoms with Gasteiger partial charge in [0.2, 0.25) is 11.9 Å². The molecule has 4 aromatic rings. The van der Waals surface area contributed by atoms with E-state index in [2.05, 4.69) is 35.1 Å². The summed E-state index contributed by atoms with van der Waals surface area (Å²) in [5.74, 6) is 0.840. The van der Waals surface area contributed by atoms with Gasteiger partial charge in [0.05, 0.1) is 23.3 Å². The number of rotatable bonds is 8. The Labute approximate surface area is 235 Å². The number of piperazine rings is 1. The van der Waals surface area contributed by atoms with E-state index in [-0.39, 0.29) is 25.2 Å². The summed E-state index contributed by atoms with van der Waals surface area (Å²) >= 11 is 0. The van der Waals surface area contributed by atoms with E-state index in [9.17, 15) is 18.0 Å². The van der Waals surface area contributed by atoms with E-state index in [1.165, 1.54) is 11.2 Å². The Hall–Kier alpha value is -4.26. The van der Waals surface area contributed by atoms with Crippen LogP contribution in [0.15, 0.2) is 49.1 Å². The number of benzene rings is 1. The second kappa shape index (κ2) is 11.7. The third-order valence-corrected chi connectivity index (χ3v) is 6.88. The van der Waals surface area contributed by atoms with Crippen LogP contribution < -0.4 is 10.1 Å². The highest BCUT2D eigenvalue weighted by Gasteiger charge is 2.35. The number of H-pyrrole nitrogens is 1. The highest BCUT2D eigenvalue weighted by molar-refractivity contribution is 5.84. The van der Waals surface area contributed by atoms with Crippen molar-refractivity contribution in [1.82, 2.24) is 34.7 Å². The molecule has 0 radical (unpaired) electrons. The molecule has 0 aliphatic carbocycles. The topological polar surface area (TPSA) is 112 Å². The summed E-state index contributed by atoms with van der Waals surface area (Å²) in [5.41, 5.74) is 4.10. The third kappa shape index (κ3) is 6.91. The molecule has 0 unspecified atom stereocenters. The third-order valence-electron chi connectivity index (χ3n) is 6.88. The zero-order valence-corrected chi connectivity index (χ0v) is 22.9. The Morgan fingerprint density at radius 2 is 1.88 bits per heavy atom. The molecular weight excluding hydrogens is 537 g/mol. The Bertz CT molecular complexity index is 1520. The van der Waals surface area contributed by atoms with Gasteiger partial charge in [-0.05, 0) is 50.6 Å². The monoisotopic (exact) mass is 568 g/mol. The predicted octanol–water partition coefficient (Wildman–Crippen LogP) is 5.10. The number of imidazole rings is 1. The highest BCUT2D eigenvalue weighted by Crippen LogP contribution is 2.31. The number of anilines is 2. The van der Waals surface area contributed by atoms with Gasteiger partial charge in [-0.25, -0.2) is 19.9 Å². The molecule has 41 heavy (non-hydrogen) atoms. The summed E-state index contributed by atoms with van der Waals surface area (Å²) in [6.07, 6.45) is -1.09. The molecular formula is C28H31F3N8O2. The number of aromatic nitrogens is 5. The van der Waals surface area contributed by atoms with Crippen LogP contribution in [-0.4, -0.2) is 79.1 Å². The number of nitrogens with zero attached hydrogens (tertiary/aromatic N) is 6. The lowest BCUT2D eigenvalue weighted by Crippen LogP contribution is -2.50. The molecule has 2 N–H and O–H groups in total. The number of amides is 1. The molecule has 4 heterocycles. The lowest BCUT2D eigenvalue weighted by molar-refractivity contribution is -0.162. The van der Waals surface area contributed by atoms with Crippen molar-refractivity contribution in [3.8, 4) is 17.0 Å². The van der Waals surface area contributed by atoms with Crippen LogP contribution in [0.4, 0.5) is 24.9 Å². The number of hydrogen-bond donors (Lipinski definition) is 2. The van der Waals surface area contributed by atoms with E-state index in [0.29, 0.717) is 36.3 Å². The smallest absolute Gasteiger partial charge is 0.397 e.